The number of halogens is 1. The van der Waals surface area contributed by atoms with E-state index < -0.39 is 16.7 Å². The number of aliphatic hydroxyl groups is 2. The molecule has 104 valence electrons. The lowest BCUT2D eigenvalue weighted by Crippen LogP contribution is -2.34. The SMILES string of the molecule is O=c1[nH]c(=O)n(C[C@]2(CO)C[C@H]2CO)cc1/C=C/Cl. The Morgan fingerprint density at radius 2 is 2.26 bits per heavy atom. The molecule has 1 aromatic heterocycles. The molecule has 0 amide bonds. The Kier molecular flexibility index (Phi) is 3.93. The smallest absolute Gasteiger partial charge is 0.328 e. The Balaban J connectivity index is 2.33. The number of hydrogen-bond donors (Lipinski definition) is 3. The van der Waals surface area contributed by atoms with E-state index in [1.165, 1.54) is 22.4 Å². The van der Waals surface area contributed by atoms with Crippen molar-refractivity contribution in [2.45, 2.75) is 13.0 Å². The van der Waals surface area contributed by atoms with Gasteiger partial charge in [-0.05, 0) is 18.4 Å². The number of nitrogens with one attached hydrogen (secondary N) is 1. The van der Waals surface area contributed by atoms with Gasteiger partial charge in [-0.25, -0.2) is 4.79 Å². The molecule has 3 N–H and O–H groups in total. The van der Waals surface area contributed by atoms with Crippen molar-refractivity contribution in [3.05, 3.63) is 38.1 Å². The highest BCUT2D eigenvalue weighted by Gasteiger charge is 2.53. The highest BCUT2D eigenvalue weighted by atomic mass is 35.5. The molecule has 1 saturated carbocycles. The summed E-state index contributed by atoms with van der Waals surface area (Å²) in [5.41, 5.74) is -0.0594. The molecule has 1 aromatic rings. The molecule has 1 aliphatic rings. The van der Waals surface area contributed by atoms with Gasteiger partial charge in [0.15, 0.2) is 0 Å². The van der Waals surface area contributed by atoms with Gasteiger partial charge in [-0.1, -0.05) is 11.6 Å². The first kappa shape index (κ1) is 14.0. The molecular weight excluding hydrogens is 272 g/mol. The van der Waals surface area contributed by atoms with Crippen LogP contribution in [0.3, 0.4) is 0 Å². The van der Waals surface area contributed by atoms with Gasteiger partial charge >= 0.3 is 5.69 Å². The van der Waals surface area contributed by atoms with Crippen LogP contribution in [0.1, 0.15) is 12.0 Å². The van der Waals surface area contributed by atoms with Crippen LogP contribution >= 0.6 is 11.6 Å². The van der Waals surface area contributed by atoms with E-state index in [1.54, 1.807) is 0 Å². The zero-order chi connectivity index (χ0) is 14.0. The first-order valence-corrected chi connectivity index (χ1v) is 6.32. The standard InChI is InChI=1S/C12H15ClN2O4/c13-2-1-8-4-15(11(19)14-10(8)18)6-12(7-17)3-9(12)5-16/h1-2,4,9,16-17H,3,5-7H2,(H,14,18,19)/b2-1+/t9-,12-/m0/s1. The van der Waals surface area contributed by atoms with E-state index in [0.717, 1.165) is 0 Å². The minimum Gasteiger partial charge on any atom is -0.396 e. The summed E-state index contributed by atoms with van der Waals surface area (Å²) in [4.78, 5) is 25.4. The third-order valence-corrected chi connectivity index (χ3v) is 3.79. The van der Waals surface area contributed by atoms with E-state index in [4.69, 9.17) is 16.7 Å². The lowest BCUT2D eigenvalue weighted by molar-refractivity contribution is 0.156. The normalized spacial score (nSPS) is 25.9. The molecule has 0 saturated heterocycles. The molecule has 19 heavy (non-hydrogen) atoms. The van der Waals surface area contributed by atoms with Crippen LogP contribution in [-0.4, -0.2) is 33.0 Å². The van der Waals surface area contributed by atoms with Crippen molar-refractivity contribution < 1.29 is 10.2 Å². The van der Waals surface area contributed by atoms with Crippen molar-refractivity contribution in [2.24, 2.45) is 11.3 Å². The molecule has 0 bridgehead atoms. The lowest BCUT2D eigenvalue weighted by Gasteiger charge is -2.15. The summed E-state index contributed by atoms with van der Waals surface area (Å²) < 4.78 is 1.33. The number of aromatic nitrogens is 2. The van der Waals surface area contributed by atoms with Gasteiger partial charge in [-0.15, -0.1) is 0 Å². The Morgan fingerprint density at radius 1 is 1.53 bits per heavy atom. The zero-order valence-electron chi connectivity index (χ0n) is 10.2. The van der Waals surface area contributed by atoms with Gasteiger partial charge in [-0.3, -0.25) is 14.3 Å². The molecule has 2 atom stereocenters. The summed E-state index contributed by atoms with van der Waals surface area (Å²) >= 11 is 5.42. The molecule has 0 aromatic carbocycles. The van der Waals surface area contributed by atoms with Crippen LogP contribution < -0.4 is 11.2 Å². The molecule has 0 unspecified atom stereocenters. The van der Waals surface area contributed by atoms with E-state index in [2.05, 4.69) is 4.98 Å². The highest BCUT2D eigenvalue weighted by Crippen LogP contribution is 2.52. The predicted molar refractivity (Wildman–Crippen MR) is 70.9 cm³/mol. The quantitative estimate of drug-likeness (QED) is 0.695. The van der Waals surface area contributed by atoms with Crippen LogP contribution in [0, 0.1) is 11.3 Å². The summed E-state index contributed by atoms with van der Waals surface area (Å²) in [5, 5.41) is 18.5. The fourth-order valence-electron chi connectivity index (χ4n) is 2.30. The van der Waals surface area contributed by atoms with Gasteiger partial charge in [0.25, 0.3) is 5.56 Å². The van der Waals surface area contributed by atoms with Crippen LogP contribution in [0.2, 0.25) is 0 Å². The van der Waals surface area contributed by atoms with Crippen molar-refractivity contribution in [3.63, 3.8) is 0 Å². The van der Waals surface area contributed by atoms with Gasteiger partial charge in [-0.2, -0.15) is 0 Å². The molecular formula is C12H15ClN2O4. The average molecular weight is 287 g/mol. The van der Waals surface area contributed by atoms with Crippen molar-refractivity contribution in [1.29, 1.82) is 0 Å². The summed E-state index contributed by atoms with van der Waals surface area (Å²) in [6, 6.07) is 0. The maximum atomic E-state index is 11.7. The Labute approximate surface area is 114 Å². The fraction of sp³-hybridized carbons (Fsp3) is 0.500. The van der Waals surface area contributed by atoms with Crippen molar-refractivity contribution in [3.8, 4) is 0 Å². The van der Waals surface area contributed by atoms with Crippen molar-refractivity contribution in [1.82, 2.24) is 9.55 Å². The summed E-state index contributed by atoms with van der Waals surface area (Å²) in [6.07, 6.45) is 3.45. The molecule has 2 rings (SSSR count). The topological polar surface area (TPSA) is 95.3 Å². The second-order valence-corrected chi connectivity index (χ2v) is 5.12. The summed E-state index contributed by atoms with van der Waals surface area (Å²) in [6.45, 7) is 0.130. The van der Waals surface area contributed by atoms with Crippen LogP contribution in [0.5, 0.6) is 0 Å². The van der Waals surface area contributed by atoms with Crippen molar-refractivity contribution in [2.75, 3.05) is 13.2 Å². The molecule has 0 radical (unpaired) electrons. The molecule has 0 spiro atoms. The van der Waals surface area contributed by atoms with Crippen molar-refractivity contribution >= 4 is 17.7 Å². The second-order valence-electron chi connectivity index (χ2n) is 4.87. The molecule has 1 heterocycles. The summed E-state index contributed by atoms with van der Waals surface area (Å²) in [7, 11) is 0. The number of rotatable bonds is 5. The van der Waals surface area contributed by atoms with Crippen LogP contribution in [-0.2, 0) is 6.54 Å². The second kappa shape index (κ2) is 5.32. The number of H-pyrrole nitrogens is 1. The van der Waals surface area contributed by atoms with Crippen LogP contribution in [0.4, 0.5) is 0 Å². The monoisotopic (exact) mass is 286 g/mol. The van der Waals surface area contributed by atoms with E-state index >= 15 is 0 Å². The minimum atomic E-state index is -0.534. The molecule has 1 fully saturated rings. The molecule has 7 heteroatoms. The largest absolute Gasteiger partial charge is 0.396 e. The number of hydrogen-bond acceptors (Lipinski definition) is 4. The Morgan fingerprint density at radius 3 is 2.79 bits per heavy atom. The highest BCUT2D eigenvalue weighted by molar-refractivity contribution is 6.27. The molecule has 6 nitrogen and oxygen atoms in total. The minimum absolute atomic E-state index is 0.0108. The van der Waals surface area contributed by atoms with Gasteiger partial charge < -0.3 is 10.2 Å². The Hall–Kier alpha value is -1.37. The lowest BCUT2D eigenvalue weighted by atomic mass is 10.1. The van der Waals surface area contributed by atoms with Crippen LogP contribution in [0.25, 0.3) is 6.08 Å². The number of nitrogens with zero attached hydrogens (tertiary/aromatic N) is 1. The van der Waals surface area contributed by atoms with Gasteiger partial charge in [0.1, 0.15) is 0 Å². The van der Waals surface area contributed by atoms with Crippen LogP contribution in [0.15, 0.2) is 21.3 Å². The number of aliphatic hydroxyl groups excluding tert-OH is 2. The molecule has 0 aliphatic heterocycles. The Bertz CT molecular complexity index is 606. The fourth-order valence-corrected chi connectivity index (χ4v) is 2.43. The third kappa shape index (κ3) is 2.65. The van der Waals surface area contributed by atoms with Gasteiger partial charge in [0, 0.05) is 30.3 Å². The third-order valence-electron chi connectivity index (χ3n) is 3.66. The predicted octanol–water partition coefficient (Wildman–Crippen LogP) is -0.263. The van der Waals surface area contributed by atoms with Gasteiger partial charge in [0.05, 0.1) is 12.2 Å². The maximum Gasteiger partial charge on any atom is 0.328 e. The first-order valence-electron chi connectivity index (χ1n) is 5.88. The summed E-state index contributed by atoms with van der Waals surface area (Å²) in [5.74, 6) is -0.0108. The maximum absolute atomic E-state index is 11.7. The van der Waals surface area contributed by atoms with E-state index in [0.29, 0.717) is 6.42 Å². The van der Waals surface area contributed by atoms with Gasteiger partial charge in [0.2, 0.25) is 0 Å². The number of aromatic amines is 1. The van der Waals surface area contributed by atoms with E-state index in [-0.39, 0.29) is 31.2 Å². The van der Waals surface area contributed by atoms with E-state index in [1.807, 2.05) is 0 Å². The zero-order valence-corrected chi connectivity index (χ0v) is 10.9. The van der Waals surface area contributed by atoms with E-state index in [9.17, 15) is 14.7 Å². The first-order chi connectivity index (χ1) is 9.06. The molecule has 1 aliphatic carbocycles. The average Bonchev–Trinajstić information content (AvgIpc) is 3.09.